The largest absolute Gasteiger partial charge is 0.423 e. The van der Waals surface area contributed by atoms with Crippen LogP contribution in [0.3, 0.4) is 0 Å². The van der Waals surface area contributed by atoms with Crippen LogP contribution in [0.4, 0.5) is 17.6 Å². The fraction of sp³-hybridized carbons (Fsp3) is 0.370. The van der Waals surface area contributed by atoms with Crippen LogP contribution in [0.2, 0.25) is 15.1 Å². The molecule has 43 heavy (non-hydrogen) atoms. The van der Waals surface area contributed by atoms with Crippen LogP contribution in [0.25, 0.3) is 11.0 Å². The van der Waals surface area contributed by atoms with Gasteiger partial charge in [-0.25, -0.2) is 8.78 Å². The zero-order chi connectivity index (χ0) is 31.1. The number of carbonyl (C=O) groups excluding carboxylic acids is 2. The monoisotopic (exact) mass is 659 g/mol. The Bertz CT molecular complexity index is 1710. The predicted molar refractivity (Wildman–Crippen MR) is 147 cm³/mol. The highest BCUT2D eigenvalue weighted by atomic mass is 35.5. The molecule has 3 aromatic rings. The maximum Gasteiger partial charge on any atom is 0.347 e. The molecular formula is C27H20Cl3F4N5O4. The van der Waals surface area contributed by atoms with Crippen LogP contribution < -0.4 is 0 Å². The fourth-order valence-electron chi connectivity index (χ4n) is 5.66. The second-order valence-corrected chi connectivity index (χ2v) is 12.2. The Hall–Kier alpha value is -3.42. The second kappa shape index (κ2) is 10.1. The van der Waals surface area contributed by atoms with Crippen molar-refractivity contribution in [1.29, 1.82) is 10.8 Å². The van der Waals surface area contributed by atoms with Crippen molar-refractivity contribution in [2.45, 2.75) is 18.3 Å². The molecule has 16 heteroatoms. The number of rotatable bonds is 5. The molecule has 2 aliphatic heterocycles. The van der Waals surface area contributed by atoms with Crippen LogP contribution in [0.5, 0.6) is 0 Å². The first-order valence-corrected chi connectivity index (χ1v) is 14.0. The predicted octanol–water partition coefficient (Wildman–Crippen LogP) is 6.11. The topological polar surface area (TPSA) is 124 Å². The molecule has 3 aliphatic rings. The number of alkyl halides is 4. The van der Waals surface area contributed by atoms with Crippen molar-refractivity contribution in [2.24, 2.45) is 17.3 Å². The zero-order valence-corrected chi connectivity index (χ0v) is 24.0. The minimum Gasteiger partial charge on any atom is -0.423 e. The fourth-order valence-corrected chi connectivity index (χ4v) is 6.12. The molecule has 2 saturated heterocycles. The first-order valence-electron chi connectivity index (χ1n) is 12.8. The average molecular weight is 661 g/mol. The maximum absolute atomic E-state index is 15.1. The Labute approximate surface area is 255 Å². The Kier molecular flexibility index (Phi) is 6.94. The van der Waals surface area contributed by atoms with E-state index in [2.05, 4.69) is 5.16 Å². The van der Waals surface area contributed by atoms with E-state index >= 15 is 8.78 Å². The molecule has 3 heterocycles. The molecule has 1 spiro atoms. The summed E-state index contributed by atoms with van der Waals surface area (Å²) < 4.78 is 67.7. The third-order valence-electron chi connectivity index (χ3n) is 8.11. The van der Waals surface area contributed by atoms with Crippen LogP contribution in [-0.4, -0.2) is 70.7 Å². The highest BCUT2D eigenvalue weighted by molar-refractivity contribution is 6.42. The van der Waals surface area contributed by atoms with Crippen molar-refractivity contribution < 1.29 is 36.4 Å². The molecule has 1 unspecified atom stereocenters. The van der Waals surface area contributed by atoms with Crippen molar-refractivity contribution in [1.82, 2.24) is 15.0 Å². The van der Waals surface area contributed by atoms with Gasteiger partial charge in [-0.05, 0) is 24.3 Å². The van der Waals surface area contributed by atoms with Gasteiger partial charge in [-0.1, -0.05) is 46.0 Å². The van der Waals surface area contributed by atoms with Crippen molar-refractivity contribution in [2.75, 3.05) is 26.2 Å². The van der Waals surface area contributed by atoms with Crippen LogP contribution in [0, 0.1) is 28.1 Å². The molecule has 2 amide bonds. The molecule has 2 atom stereocenters. The lowest BCUT2D eigenvalue weighted by atomic mass is 9.71. The summed E-state index contributed by atoms with van der Waals surface area (Å²) in [6.07, 6.45) is -0.563. The maximum atomic E-state index is 15.1. The Morgan fingerprint density at radius 3 is 2.33 bits per heavy atom. The van der Waals surface area contributed by atoms with Crippen molar-refractivity contribution in [3.8, 4) is 0 Å². The number of hydrogen-bond acceptors (Lipinski definition) is 7. The lowest BCUT2D eigenvalue weighted by Crippen LogP contribution is -2.64. The van der Waals surface area contributed by atoms with Gasteiger partial charge in [-0.15, -0.1) is 0 Å². The van der Waals surface area contributed by atoms with Gasteiger partial charge in [-0.2, -0.15) is 8.78 Å². The number of carbonyl (C=O) groups is 2. The Balaban J connectivity index is 1.24. The van der Waals surface area contributed by atoms with E-state index in [9.17, 15) is 18.4 Å². The van der Waals surface area contributed by atoms with E-state index in [1.54, 1.807) is 12.1 Å². The minimum atomic E-state index is -4.00. The average Bonchev–Trinajstić information content (AvgIpc) is 3.25. The minimum absolute atomic E-state index is 0.0232. The molecule has 0 radical (unpaired) electrons. The van der Waals surface area contributed by atoms with Crippen LogP contribution in [0.15, 0.2) is 40.9 Å². The summed E-state index contributed by atoms with van der Waals surface area (Å²) in [6, 6.07) is 7.53. The molecule has 3 fully saturated rings. The first kappa shape index (κ1) is 29.6. The summed E-state index contributed by atoms with van der Waals surface area (Å²) >= 11 is 17.6. The molecule has 0 bridgehead atoms. The summed E-state index contributed by atoms with van der Waals surface area (Å²) in [4.78, 5) is 28.7. The van der Waals surface area contributed by atoms with Crippen molar-refractivity contribution >= 4 is 69.4 Å². The lowest BCUT2D eigenvalue weighted by molar-refractivity contribution is -0.147. The quantitative estimate of drug-likeness (QED) is 0.194. The first-order chi connectivity index (χ1) is 20.1. The number of nitrogens with zero attached hydrogens (tertiary/aromatic N) is 3. The van der Waals surface area contributed by atoms with E-state index in [0.717, 1.165) is 18.2 Å². The number of aromatic nitrogens is 1. The highest BCUT2D eigenvalue weighted by Gasteiger charge is 2.66. The smallest absolute Gasteiger partial charge is 0.347 e. The summed E-state index contributed by atoms with van der Waals surface area (Å²) in [5, 5.41) is 21.0. The highest BCUT2D eigenvalue weighted by Crippen LogP contribution is 2.53. The van der Waals surface area contributed by atoms with Gasteiger partial charge in [0.1, 0.15) is 5.92 Å². The number of hydrogen-bond donors (Lipinski definition) is 2. The van der Waals surface area contributed by atoms with E-state index in [0.29, 0.717) is 10.4 Å². The molecular weight excluding hydrogens is 641 g/mol. The van der Waals surface area contributed by atoms with E-state index in [1.807, 2.05) is 0 Å². The number of amides is 2. The standard InChI is InChI=1S/C27H20Cl3F4N5O4/c28-13-2-3-14-19(6-13)43-37-20(14)23(41)38-8-16(25(9-38)10-39(11-25)22(40)15-7-26(15,31)32)21(35)42-24(36)27(33,34)12-1-4-17(29)18(30)5-12/h1-6,15-16,35-36H,7-11H2/t15-,16?/m1/s1. The number of likely N-dealkylation sites (tertiary alicyclic amines) is 2. The number of nitrogens with one attached hydrogen (secondary N) is 2. The normalized spacial score (nSPS) is 22.0. The third kappa shape index (κ3) is 5.00. The number of halogens is 7. The van der Waals surface area contributed by atoms with Gasteiger partial charge >= 0.3 is 5.92 Å². The van der Waals surface area contributed by atoms with Crippen LogP contribution in [0.1, 0.15) is 22.5 Å². The summed E-state index contributed by atoms with van der Waals surface area (Å²) in [5.41, 5.74) is -1.57. The molecule has 2 N–H and O–H groups in total. The number of fused-ring (bicyclic) bond motifs is 1. The lowest BCUT2D eigenvalue weighted by Gasteiger charge is -2.50. The van der Waals surface area contributed by atoms with Gasteiger partial charge < -0.3 is 19.1 Å². The number of benzene rings is 2. The van der Waals surface area contributed by atoms with Gasteiger partial charge in [0.2, 0.25) is 5.91 Å². The third-order valence-corrected chi connectivity index (χ3v) is 9.09. The van der Waals surface area contributed by atoms with Crippen molar-refractivity contribution in [3.63, 3.8) is 0 Å². The van der Waals surface area contributed by atoms with E-state index in [4.69, 9.17) is 54.9 Å². The summed E-state index contributed by atoms with van der Waals surface area (Å²) in [6.45, 7) is -0.521. The second-order valence-electron chi connectivity index (χ2n) is 11.0. The van der Waals surface area contributed by atoms with Gasteiger partial charge in [0, 0.05) is 54.7 Å². The Morgan fingerprint density at radius 2 is 1.67 bits per heavy atom. The van der Waals surface area contributed by atoms with E-state index in [1.165, 1.54) is 15.9 Å². The molecule has 9 nitrogen and oxygen atoms in total. The van der Waals surface area contributed by atoms with E-state index in [-0.39, 0.29) is 47.5 Å². The molecule has 1 aliphatic carbocycles. The van der Waals surface area contributed by atoms with Crippen LogP contribution in [-0.2, 0) is 15.5 Å². The zero-order valence-electron chi connectivity index (χ0n) is 21.8. The molecule has 1 saturated carbocycles. The summed E-state index contributed by atoms with van der Waals surface area (Å²) in [7, 11) is 0. The number of ether oxygens (including phenoxy) is 1. The van der Waals surface area contributed by atoms with E-state index < -0.39 is 64.7 Å². The van der Waals surface area contributed by atoms with Gasteiger partial charge in [0.05, 0.1) is 21.3 Å². The molecule has 6 rings (SSSR count). The Morgan fingerprint density at radius 1 is 1.00 bits per heavy atom. The van der Waals surface area contributed by atoms with Gasteiger partial charge in [0.15, 0.2) is 17.2 Å². The molecule has 2 aromatic carbocycles. The van der Waals surface area contributed by atoms with Crippen LogP contribution >= 0.6 is 34.8 Å². The van der Waals surface area contributed by atoms with Gasteiger partial charge in [0.25, 0.3) is 17.7 Å². The van der Waals surface area contributed by atoms with Gasteiger partial charge in [-0.3, -0.25) is 20.4 Å². The molecule has 1 aromatic heterocycles. The summed E-state index contributed by atoms with van der Waals surface area (Å²) in [5.74, 6) is -13.3. The SMILES string of the molecule is N=C(OC(=N)C(F)(F)c1ccc(Cl)c(Cl)c1)C1CN(C(=O)c2noc3cc(Cl)ccc23)CC12CN(C(=O)[C@H]1CC1(F)F)C2. The van der Waals surface area contributed by atoms with Crippen molar-refractivity contribution in [3.05, 3.63) is 62.7 Å². The molecule has 226 valence electrons.